The van der Waals surface area contributed by atoms with Gasteiger partial charge in [-0.1, -0.05) is 0 Å². The van der Waals surface area contributed by atoms with Crippen molar-refractivity contribution in [2.75, 3.05) is 46.9 Å². The third kappa shape index (κ3) is 4.91. The van der Waals surface area contributed by atoms with Crippen molar-refractivity contribution in [3.05, 3.63) is 4.91 Å². The van der Waals surface area contributed by atoms with Gasteiger partial charge in [0.1, 0.15) is 0 Å². The molecule has 1 heterocycles. The van der Waals surface area contributed by atoms with Gasteiger partial charge in [0.15, 0.2) is 0 Å². The lowest BCUT2D eigenvalue weighted by atomic mass is 9.95. The van der Waals surface area contributed by atoms with Crippen molar-refractivity contribution in [3.8, 4) is 0 Å². The highest BCUT2D eigenvalue weighted by atomic mass is 32.2. The molecule has 0 atom stereocenters. The van der Waals surface area contributed by atoms with Gasteiger partial charge in [-0.25, -0.2) is 0 Å². The zero-order valence-electron chi connectivity index (χ0n) is 10.8. The summed E-state index contributed by atoms with van der Waals surface area (Å²) in [5, 5.41) is 8.82. The number of aliphatic hydroxyl groups is 1. The molecule has 0 aromatic rings. The third-order valence-corrected chi connectivity index (χ3v) is 4.38. The molecular weight excluding hydrogens is 238 g/mol. The molecule has 1 aliphatic heterocycles. The zero-order chi connectivity index (χ0) is 12.7. The summed E-state index contributed by atoms with van der Waals surface area (Å²) in [6.45, 7) is 4.01. The van der Waals surface area contributed by atoms with Crippen molar-refractivity contribution in [2.24, 2.45) is 4.58 Å². The number of rotatable bonds is 7. The lowest BCUT2D eigenvalue weighted by molar-refractivity contribution is 0.187. The third-order valence-electron chi connectivity index (χ3n) is 3.39. The molecule has 0 bridgehead atoms. The van der Waals surface area contributed by atoms with Crippen molar-refractivity contribution < 1.29 is 5.11 Å². The highest BCUT2D eigenvalue weighted by Gasteiger charge is 2.36. The Hall–Kier alpha value is -0.170. The zero-order valence-corrected chi connectivity index (χ0v) is 11.6. The number of likely N-dealkylation sites (tertiary alicyclic amines) is 1. The van der Waals surface area contributed by atoms with Gasteiger partial charge in [0, 0.05) is 36.2 Å². The monoisotopic (exact) mass is 261 g/mol. The molecule has 0 aliphatic carbocycles. The second kappa shape index (κ2) is 7.31. The molecule has 6 heteroatoms. The molecule has 17 heavy (non-hydrogen) atoms. The summed E-state index contributed by atoms with van der Waals surface area (Å²) in [6.07, 6.45) is 2.79. The van der Waals surface area contributed by atoms with Gasteiger partial charge in [-0.3, -0.25) is 0 Å². The second-order valence-electron chi connectivity index (χ2n) is 4.97. The molecule has 0 amide bonds. The number of hydrogen-bond donors (Lipinski definition) is 1. The maximum absolute atomic E-state index is 10.6. The highest BCUT2D eigenvalue weighted by molar-refractivity contribution is 7.99. The van der Waals surface area contributed by atoms with Crippen LogP contribution >= 0.6 is 11.9 Å². The molecule has 5 nitrogen and oxygen atoms in total. The number of nitrogens with zero attached hydrogens (tertiary/aromatic N) is 3. The highest BCUT2D eigenvalue weighted by Crippen LogP contribution is 2.37. The fraction of sp³-hybridized carbons (Fsp3) is 1.00. The standard InChI is InChI=1S/C11H23N3O2S/c1-13-7-4-11(5-8-13,17-12-16)10-14(2)6-3-9-15/h15H,3-10H2,1-2H3. The number of nitroso groups, excluding NO2 is 1. The van der Waals surface area contributed by atoms with Crippen molar-refractivity contribution in [2.45, 2.75) is 24.0 Å². The van der Waals surface area contributed by atoms with Crippen LogP contribution in [0.2, 0.25) is 0 Å². The molecule has 1 saturated heterocycles. The van der Waals surface area contributed by atoms with Gasteiger partial charge in [0.2, 0.25) is 0 Å². The lowest BCUT2D eigenvalue weighted by Gasteiger charge is -2.40. The van der Waals surface area contributed by atoms with Crippen molar-refractivity contribution in [1.82, 2.24) is 9.80 Å². The molecule has 1 N–H and O–H groups in total. The predicted octanol–water partition coefficient (Wildman–Crippen LogP) is 1.18. The van der Waals surface area contributed by atoms with Crippen LogP contribution in [0.3, 0.4) is 0 Å². The summed E-state index contributed by atoms with van der Waals surface area (Å²) < 4.78 is 3.03. The molecule has 0 saturated carbocycles. The topological polar surface area (TPSA) is 56.1 Å². The fourth-order valence-corrected chi connectivity index (χ4v) is 3.10. The Morgan fingerprint density at radius 3 is 2.65 bits per heavy atom. The molecule has 0 aromatic carbocycles. The quantitative estimate of drug-likeness (QED) is 0.551. The van der Waals surface area contributed by atoms with E-state index in [2.05, 4.69) is 21.4 Å². The summed E-state index contributed by atoms with van der Waals surface area (Å²) in [5.74, 6) is 0. The van der Waals surface area contributed by atoms with E-state index in [1.807, 2.05) is 7.05 Å². The normalized spacial score (nSPS) is 20.7. The summed E-state index contributed by atoms with van der Waals surface area (Å²) in [6, 6.07) is 0. The average molecular weight is 261 g/mol. The van der Waals surface area contributed by atoms with Gasteiger partial charge >= 0.3 is 0 Å². The van der Waals surface area contributed by atoms with Gasteiger partial charge in [-0.15, -0.1) is 4.91 Å². The first-order valence-corrected chi connectivity index (χ1v) is 6.88. The van der Waals surface area contributed by atoms with Gasteiger partial charge in [-0.05, 0) is 46.4 Å². The Morgan fingerprint density at radius 2 is 2.12 bits per heavy atom. The smallest absolute Gasteiger partial charge is 0.0563 e. The minimum atomic E-state index is -0.0293. The van der Waals surface area contributed by atoms with Crippen LogP contribution in [0.5, 0.6) is 0 Å². The van der Waals surface area contributed by atoms with E-state index in [0.29, 0.717) is 0 Å². The van der Waals surface area contributed by atoms with Crippen molar-refractivity contribution in [3.63, 3.8) is 0 Å². The largest absolute Gasteiger partial charge is 0.396 e. The van der Waals surface area contributed by atoms with Crippen molar-refractivity contribution >= 4 is 11.9 Å². The Kier molecular flexibility index (Phi) is 6.40. The summed E-state index contributed by atoms with van der Waals surface area (Å²) in [7, 11) is 4.15. The number of aliphatic hydroxyl groups excluding tert-OH is 1. The molecule has 0 radical (unpaired) electrons. The Labute approximate surface area is 108 Å². The van der Waals surface area contributed by atoms with E-state index in [1.54, 1.807) is 0 Å². The first-order chi connectivity index (χ1) is 8.12. The van der Waals surface area contributed by atoms with Crippen LogP contribution in [0.4, 0.5) is 0 Å². The van der Waals surface area contributed by atoms with E-state index >= 15 is 0 Å². The van der Waals surface area contributed by atoms with Crippen LogP contribution in [0.15, 0.2) is 4.58 Å². The lowest BCUT2D eigenvalue weighted by Crippen LogP contribution is -2.47. The number of piperidine rings is 1. The Morgan fingerprint density at radius 1 is 1.47 bits per heavy atom. The maximum atomic E-state index is 10.6. The molecule has 0 spiro atoms. The minimum absolute atomic E-state index is 0.0293. The SMILES string of the molecule is CN1CCC(CN(C)CCCO)(SN=O)CC1. The second-order valence-corrected chi connectivity index (χ2v) is 6.16. The Bertz CT molecular complexity index is 233. The van der Waals surface area contributed by atoms with Crippen LogP contribution < -0.4 is 0 Å². The van der Waals surface area contributed by atoms with Gasteiger partial charge in [0.05, 0.1) is 4.75 Å². The van der Waals surface area contributed by atoms with Gasteiger partial charge < -0.3 is 14.9 Å². The number of hydrogen-bond acceptors (Lipinski definition) is 6. The average Bonchev–Trinajstić information content (AvgIpc) is 2.31. The van der Waals surface area contributed by atoms with Gasteiger partial charge in [-0.2, -0.15) is 0 Å². The summed E-state index contributed by atoms with van der Waals surface area (Å²) in [5.41, 5.74) is 0. The van der Waals surface area contributed by atoms with Crippen LogP contribution in [0.25, 0.3) is 0 Å². The van der Waals surface area contributed by atoms with Crippen molar-refractivity contribution in [1.29, 1.82) is 0 Å². The van der Waals surface area contributed by atoms with E-state index < -0.39 is 0 Å². The summed E-state index contributed by atoms with van der Waals surface area (Å²) >= 11 is 1.20. The van der Waals surface area contributed by atoms with E-state index in [1.165, 1.54) is 11.9 Å². The van der Waals surface area contributed by atoms with E-state index in [4.69, 9.17) is 5.11 Å². The fourth-order valence-electron chi connectivity index (χ4n) is 2.29. The maximum Gasteiger partial charge on any atom is 0.0563 e. The van der Waals surface area contributed by atoms with Crippen LogP contribution in [-0.2, 0) is 0 Å². The molecule has 0 unspecified atom stereocenters. The van der Waals surface area contributed by atoms with Gasteiger partial charge in [0.25, 0.3) is 0 Å². The molecule has 1 rings (SSSR count). The van der Waals surface area contributed by atoms with Crippen LogP contribution in [0.1, 0.15) is 19.3 Å². The van der Waals surface area contributed by atoms with Crippen LogP contribution in [-0.4, -0.2) is 66.5 Å². The van der Waals surface area contributed by atoms with E-state index in [-0.39, 0.29) is 11.4 Å². The first-order valence-electron chi connectivity index (χ1n) is 6.11. The van der Waals surface area contributed by atoms with E-state index in [0.717, 1.165) is 45.4 Å². The molecule has 1 fully saturated rings. The molecule has 0 aromatic heterocycles. The molecule has 1 aliphatic rings. The minimum Gasteiger partial charge on any atom is -0.396 e. The van der Waals surface area contributed by atoms with Crippen LogP contribution in [0, 0.1) is 4.91 Å². The summed E-state index contributed by atoms with van der Waals surface area (Å²) in [4.78, 5) is 15.1. The first kappa shape index (κ1) is 14.9. The Balaban J connectivity index is 2.49. The molecular formula is C11H23N3O2S. The molecule has 100 valence electrons. The predicted molar refractivity (Wildman–Crippen MR) is 72.0 cm³/mol. The van der Waals surface area contributed by atoms with E-state index in [9.17, 15) is 4.91 Å².